The first-order valence-corrected chi connectivity index (χ1v) is 7.42. The third-order valence-electron chi connectivity index (χ3n) is 4.31. The number of fused-ring (bicyclic) bond motifs is 1. The van der Waals surface area contributed by atoms with Crippen LogP contribution in [0.15, 0.2) is 29.3 Å². The minimum Gasteiger partial charge on any atom is -0.356 e. The molecule has 1 aliphatic heterocycles. The van der Waals surface area contributed by atoms with E-state index in [1.165, 1.54) is 25.7 Å². The summed E-state index contributed by atoms with van der Waals surface area (Å²) in [7, 11) is 2.12. The van der Waals surface area contributed by atoms with Gasteiger partial charge in [-0.3, -0.25) is 4.99 Å². The van der Waals surface area contributed by atoms with Crippen LogP contribution < -0.4 is 5.32 Å². The third-order valence-corrected chi connectivity index (χ3v) is 4.31. The molecule has 1 N–H and O–H groups in total. The van der Waals surface area contributed by atoms with Crippen LogP contribution in [-0.4, -0.2) is 37.5 Å². The zero-order valence-electron chi connectivity index (χ0n) is 11.7. The van der Waals surface area contributed by atoms with Gasteiger partial charge in [0.15, 0.2) is 5.96 Å². The fourth-order valence-electron chi connectivity index (χ4n) is 3.21. The molecular weight excluding hydrogens is 234 g/mol. The van der Waals surface area contributed by atoms with Crippen molar-refractivity contribution in [2.24, 2.45) is 4.99 Å². The van der Waals surface area contributed by atoms with E-state index >= 15 is 0 Å². The summed E-state index contributed by atoms with van der Waals surface area (Å²) < 4.78 is 0. The molecule has 3 heteroatoms. The quantitative estimate of drug-likeness (QED) is 0.900. The second-order valence-electron chi connectivity index (χ2n) is 5.63. The molecule has 1 heterocycles. The molecule has 19 heavy (non-hydrogen) atoms. The average Bonchev–Trinajstić information content (AvgIpc) is 2.85. The molecule has 102 valence electrons. The Hall–Kier alpha value is -1.51. The van der Waals surface area contributed by atoms with Gasteiger partial charge in [0.2, 0.25) is 0 Å². The minimum atomic E-state index is 0.734. The van der Waals surface area contributed by atoms with Crippen molar-refractivity contribution in [1.82, 2.24) is 10.2 Å². The molecule has 1 unspecified atom stereocenters. The lowest BCUT2D eigenvalue weighted by Crippen LogP contribution is -2.42. The summed E-state index contributed by atoms with van der Waals surface area (Å²) in [5.74, 6) is 1.82. The highest BCUT2D eigenvalue weighted by Gasteiger charge is 2.21. The Balaban J connectivity index is 1.53. The molecule has 0 saturated heterocycles. The molecule has 0 amide bonds. The summed E-state index contributed by atoms with van der Waals surface area (Å²) in [6, 6.07) is 8.91. The highest BCUT2D eigenvalue weighted by molar-refractivity contribution is 5.80. The number of aryl methyl sites for hydroxylation is 1. The van der Waals surface area contributed by atoms with Gasteiger partial charge in [0.25, 0.3) is 0 Å². The Morgan fingerprint density at radius 2 is 2.26 bits per heavy atom. The summed E-state index contributed by atoms with van der Waals surface area (Å²) in [6.45, 7) is 3.12. The monoisotopic (exact) mass is 257 g/mol. The maximum atomic E-state index is 4.55. The molecule has 1 aromatic carbocycles. The number of benzene rings is 1. The topological polar surface area (TPSA) is 27.6 Å². The Morgan fingerprint density at radius 1 is 1.37 bits per heavy atom. The van der Waals surface area contributed by atoms with Crippen molar-refractivity contribution in [2.45, 2.75) is 31.6 Å². The number of nitrogens with one attached hydrogen (secondary N) is 1. The summed E-state index contributed by atoms with van der Waals surface area (Å²) in [6.07, 6.45) is 4.95. The van der Waals surface area contributed by atoms with Crippen molar-refractivity contribution in [3.63, 3.8) is 0 Å². The lowest BCUT2D eigenvalue weighted by molar-refractivity contribution is 0.443. The van der Waals surface area contributed by atoms with Crippen LogP contribution in [0.4, 0.5) is 0 Å². The lowest BCUT2D eigenvalue weighted by Gasteiger charge is -2.26. The van der Waals surface area contributed by atoms with Gasteiger partial charge in [0.05, 0.1) is 0 Å². The summed E-state index contributed by atoms with van der Waals surface area (Å²) >= 11 is 0. The van der Waals surface area contributed by atoms with Gasteiger partial charge in [0, 0.05) is 26.7 Å². The molecule has 0 spiro atoms. The number of rotatable bonds is 3. The van der Waals surface area contributed by atoms with E-state index in [4.69, 9.17) is 0 Å². The molecule has 3 nitrogen and oxygen atoms in total. The molecule has 3 rings (SSSR count). The van der Waals surface area contributed by atoms with Gasteiger partial charge in [0.1, 0.15) is 0 Å². The van der Waals surface area contributed by atoms with E-state index in [2.05, 4.69) is 46.5 Å². The van der Waals surface area contributed by atoms with Gasteiger partial charge >= 0.3 is 0 Å². The largest absolute Gasteiger partial charge is 0.356 e. The molecule has 0 saturated carbocycles. The number of aliphatic imine (C=N–C) groups is 1. The first kappa shape index (κ1) is 12.5. The van der Waals surface area contributed by atoms with Crippen molar-refractivity contribution in [3.8, 4) is 0 Å². The SMILES string of the molecule is CN1CCCN=C1NCCC1CCc2ccccc21. The summed E-state index contributed by atoms with van der Waals surface area (Å²) in [4.78, 5) is 6.78. The van der Waals surface area contributed by atoms with Gasteiger partial charge in [-0.25, -0.2) is 0 Å². The molecule has 0 radical (unpaired) electrons. The van der Waals surface area contributed by atoms with Crippen LogP contribution in [0.3, 0.4) is 0 Å². The Kier molecular flexibility index (Phi) is 3.72. The Labute approximate surface area is 115 Å². The smallest absolute Gasteiger partial charge is 0.193 e. The van der Waals surface area contributed by atoms with Crippen molar-refractivity contribution in [2.75, 3.05) is 26.7 Å². The maximum Gasteiger partial charge on any atom is 0.193 e. The second-order valence-corrected chi connectivity index (χ2v) is 5.63. The normalized spacial score (nSPS) is 22.1. The fourth-order valence-corrected chi connectivity index (χ4v) is 3.21. The first-order valence-electron chi connectivity index (χ1n) is 7.42. The van der Waals surface area contributed by atoms with Crippen LogP contribution in [-0.2, 0) is 6.42 Å². The van der Waals surface area contributed by atoms with E-state index in [9.17, 15) is 0 Å². The maximum absolute atomic E-state index is 4.55. The molecule has 0 bridgehead atoms. The number of nitrogens with zero attached hydrogens (tertiary/aromatic N) is 2. The zero-order chi connectivity index (χ0) is 13.1. The number of guanidine groups is 1. The highest BCUT2D eigenvalue weighted by Crippen LogP contribution is 2.34. The first-order chi connectivity index (χ1) is 9.34. The molecular formula is C16H23N3. The van der Waals surface area contributed by atoms with Crippen LogP contribution >= 0.6 is 0 Å². The van der Waals surface area contributed by atoms with E-state index in [-0.39, 0.29) is 0 Å². The molecule has 0 fully saturated rings. The predicted molar refractivity (Wildman–Crippen MR) is 79.7 cm³/mol. The minimum absolute atomic E-state index is 0.734. The van der Waals surface area contributed by atoms with Gasteiger partial charge in [-0.2, -0.15) is 0 Å². The highest BCUT2D eigenvalue weighted by atomic mass is 15.3. The summed E-state index contributed by atoms with van der Waals surface area (Å²) in [5, 5.41) is 3.50. The zero-order valence-corrected chi connectivity index (χ0v) is 11.7. The summed E-state index contributed by atoms with van der Waals surface area (Å²) in [5.41, 5.74) is 3.13. The standard InChI is InChI=1S/C16H23N3/c1-19-12-4-10-17-16(19)18-11-9-14-8-7-13-5-2-3-6-15(13)14/h2-3,5-6,14H,4,7-12H2,1H3,(H,17,18). The van der Waals surface area contributed by atoms with Crippen LogP contribution in [0.25, 0.3) is 0 Å². The lowest BCUT2D eigenvalue weighted by atomic mass is 9.98. The van der Waals surface area contributed by atoms with Gasteiger partial charge in [-0.1, -0.05) is 24.3 Å². The van der Waals surface area contributed by atoms with Crippen molar-refractivity contribution in [1.29, 1.82) is 0 Å². The van der Waals surface area contributed by atoms with Crippen molar-refractivity contribution < 1.29 is 0 Å². The van der Waals surface area contributed by atoms with Gasteiger partial charge in [-0.05, 0) is 42.7 Å². The third kappa shape index (κ3) is 2.75. The van der Waals surface area contributed by atoms with Crippen molar-refractivity contribution >= 4 is 5.96 Å². The van der Waals surface area contributed by atoms with E-state index in [0.29, 0.717) is 0 Å². The van der Waals surface area contributed by atoms with Gasteiger partial charge < -0.3 is 10.2 Å². The van der Waals surface area contributed by atoms with Crippen LogP contribution in [0.2, 0.25) is 0 Å². The van der Waals surface area contributed by atoms with E-state index < -0.39 is 0 Å². The molecule has 0 aromatic heterocycles. The van der Waals surface area contributed by atoms with Crippen LogP contribution in [0, 0.1) is 0 Å². The average molecular weight is 257 g/mol. The molecule has 1 aromatic rings. The molecule has 1 aliphatic carbocycles. The Morgan fingerprint density at radius 3 is 3.16 bits per heavy atom. The van der Waals surface area contributed by atoms with Gasteiger partial charge in [-0.15, -0.1) is 0 Å². The van der Waals surface area contributed by atoms with Crippen molar-refractivity contribution in [3.05, 3.63) is 35.4 Å². The van der Waals surface area contributed by atoms with E-state index in [0.717, 1.165) is 31.5 Å². The molecule has 2 aliphatic rings. The number of hydrogen-bond donors (Lipinski definition) is 1. The fraction of sp³-hybridized carbons (Fsp3) is 0.562. The Bertz CT molecular complexity index is 467. The van der Waals surface area contributed by atoms with E-state index in [1.807, 2.05) is 0 Å². The molecule has 1 atom stereocenters. The number of hydrogen-bond acceptors (Lipinski definition) is 3. The van der Waals surface area contributed by atoms with Crippen LogP contribution in [0.1, 0.15) is 36.3 Å². The predicted octanol–water partition coefficient (Wildman–Crippen LogP) is 2.39. The second kappa shape index (κ2) is 5.64. The van der Waals surface area contributed by atoms with Crippen LogP contribution in [0.5, 0.6) is 0 Å². The van der Waals surface area contributed by atoms with E-state index in [1.54, 1.807) is 11.1 Å².